The van der Waals surface area contributed by atoms with Crippen molar-refractivity contribution in [3.05, 3.63) is 36.3 Å². The van der Waals surface area contributed by atoms with Crippen molar-refractivity contribution in [2.45, 2.75) is 19.5 Å². The van der Waals surface area contributed by atoms with Gasteiger partial charge in [0.2, 0.25) is 5.89 Å². The molecule has 0 spiro atoms. The maximum absolute atomic E-state index is 5.29. The SMILES string of the molecule is Cc1nnc2ccc(N3CC(N(C)Cc4ncco4)C3)nn12. The quantitative estimate of drug-likeness (QED) is 0.703. The van der Waals surface area contributed by atoms with Crippen LogP contribution in [0.4, 0.5) is 5.82 Å². The third-order valence-electron chi connectivity index (χ3n) is 4.08. The molecule has 4 heterocycles. The Morgan fingerprint density at radius 2 is 2.18 bits per heavy atom. The van der Waals surface area contributed by atoms with Crippen molar-refractivity contribution in [2.75, 3.05) is 25.0 Å². The van der Waals surface area contributed by atoms with Crippen LogP contribution in [0, 0.1) is 6.92 Å². The summed E-state index contributed by atoms with van der Waals surface area (Å²) in [5.74, 6) is 2.51. The molecule has 8 nitrogen and oxygen atoms in total. The first-order valence-corrected chi connectivity index (χ1v) is 7.23. The number of anilines is 1. The first-order chi connectivity index (χ1) is 10.7. The van der Waals surface area contributed by atoms with Gasteiger partial charge >= 0.3 is 0 Å². The Bertz CT molecular complexity index is 776. The molecule has 0 N–H and O–H groups in total. The second-order valence-electron chi connectivity index (χ2n) is 5.61. The summed E-state index contributed by atoms with van der Waals surface area (Å²) in [6.45, 7) is 4.51. The van der Waals surface area contributed by atoms with E-state index in [0.29, 0.717) is 6.04 Å². The third kappa shape index (κ3) is 2.21. The van der Waals surface area contributed by atoms with E-state index in [1.165, 1.54) is 0 Å². The molecule has 1 saturated heterocycles. The lowest BCUT2D eigenvalue weighted by Crippen LogP contribution is -2.58. The maximum atomic E-state index is 5.29. The zero-order chi connectivity index (χ0) is 15.1. The first kappa shape index (κ1) is 13.2. The molecular formula is C14H17N7O. The predicted octanol–water partition coefficient (Wildman–Crippen LogP) is 0.741. The van der Waals surface area contributed by atoms with Gasteiger partial charge in [-0.25, -0.2) is 4.98 Å². The van der Waals surface area contributed by atoms with Crippen molar-refractivity contribution >= 4 is 11.5 Å². The highest BCUT2D eigenvalue weighted by atomic mass is 16.3. The van der Waals surface area contributed by atoms with E-state index in [-0.39, 0.29) is 0 Å². The average Bonchev–Trinajstić information content (AvgIpc) is 3.08. The van der Waals surface area contributed by atoms with Crippen LogP contribution in [0.3, 0.4) is 0 Å². The van der Waals surface area contributed by atoms with Crippen molar-refractivity contribution in [3.63, 3.8) is 0 Å². The molecule has 114 valence electrons. The minimum absolute atomic E-state index is 0.478. The highest BCUT2D eigenvalue weighted by molar-refractivity contribution is 5.47. The molecule has 1 aliphatic heterocycles. The molecule has 0 amide bonds. The van der Waals surface area contributed by atoms with Gasteiger partial charge in [-0.05, 0) is 26.1 Å². The minimum atomic E-state index is 0.478. The standard InChI is InChI=1S/C14H17N7O/c1-10-16-17-12-3-4-13(18-21(10)12)20-7-11(8-20)19(2)9-14-15-5-6-22-14/h3-6,11H,7-9H2,1-2H3. The summed E-state index contributed by atoms with van der Waals surface area (Å²) in [5.41, 5.74) is 0.777. The number of aryl methyl sites for hydroxylation is 1. The molecule has 1 fully saturated rings. The average molecular weight is 299 g/mol. The smallest absolute Gasteiger partial charge is 0.208 e. The number of likely N-dealkylation sites (N-methyl/N-ethyl adjacent to an activating group) is 1. The third-order valence-corrected chi connectivity index (χ3v) is 4.08. The van der Waals surface area contributed by atoms with Crippen molar-refractivity contribution in [2.24, 2.45) is 0 Å². The number of aromatic nitrogens is 5. The van der Waals surface area contributed by atoms with Gasteiger partial charge in [-0.2, -0.15) is 4.52 Å². The fraction of sp³-hybridized carbons (Fsp3) is 0.429. The molecule has 0 saturated carbocycles. The topological polar surface area (TPSA) is 75.6 Å². The van der Waals surface area contributed by atoms with Crippen LogP contribution in [-0.2, 0) is 6.54 Å². The summed E-state index contributed by atoms with van der Waals surface area (Å²) >= 11 is 0. The van der Waals surface area contributed by atoms with Gasteiger partial charge in [0.1, 0.15) is 12.1 Å². The van der Waals surface area contributed by atoms with E-state index in [2.05, 4.69) is 37.1 Å². The Labute approximate surface area is 127 Å². The van der Waals surface area contributed by atoms with Gasteiger partial charge in [0.15, 0.2) is 11.5 Å². The van der Waals surface area contributed by atoms with Crippen LogP contribution in [-0.4, -0.2) is 55.9 Å². The maximum Gasteiger partial charge on any atom is 0.208 e. The van der Waals surface area contributed by atoms with Gasteiger partial charge in [0, 0.05) is 19.1 Å². The van der Waals surface area contributed by atoms with Crippen LogP contribution < -0.4 is 4.90 Å². The van der Waals surface area contributed by atoms with Gasteiger partial charge in [-0.15, -0.1) is 15.3 Å². The van der Waals surface area contributed by atoms with E-state index in [1.807, 2.05) is 19.1 Å². The lowest BCUT2D eigenvalue weighted by molar-refractivity contribution is 0.180. The second-order valence-corrected chi connectivity index (χ2v) is 5.61. The highest BCUT2D eigenvalue weighted by Gasteiger charge is 2.31. The van der Waals surface area contributed by atoms with Gasteiger partial charge in [-0.1, -0.05) is 0 Å². The molecule has 8 heteroatoms. The van der Waals surface area contributed by atoms with E-state index in [0.717, 1.165) is 42.8 Å². The van der Waals surface area contributed by atoms with Crippen LogP contribution in [0.5, 0.6) is 0 Å². The van der Waals surface area contributed by atoms with Crippen molar-refractivity contribution in [1.29, 1.82) is 0 Å². The Kier molecular flexibility index (Phi) is 3.04. The van der Waals surface area contributed by atoms with Crippen molar-refractivity contribution in [1.82, 2.24) is 29.7 Å². The Hall–Kier alpha value is -2.48. The summed E-state index contributed by atoms with van der Waals surface area (Å²) in [6.07, 6.45) is 3.29. The minimum Gasteiger partial charge on any atom is -0.448 e. The van der Waals surface area contributed by atoms with Crippen LogP contribution in [0.25, 0.3) is 5.65 Å². The van der Waals surface area contributed by atoms with E-state index in [4.69, 9.17) is 4.42 Å². The Morgan fingerprint density at radius 3 is 2.95 bits per heavy atom. The molecule has 1 aliphatic rings. The molecule has 3 aromatic heterocycles. The van der Waals surface area contributed by atoms with E-state index in [9.17, 15) is 0 Å². The monoisotopic (exact) mass is 299 g/mol. The van der Waals surface area contributed by atoms with Gasteiger partial charge in [0.25, 0.3) is 0 Å². The van der Waals surface area contributed by atoms with Crippen LogP contribution in [0.1, 0.15) is 11.7 Å². The largest absolute Gasteiger partial charge is 0.448 e. The molecule has 0 bridgehead atoms. The van der Waals surface area contributed by atoms with Gasteiger partial charge in [-0.3, -0.25) is 4.90 Å². The molecule has 0 radical (unpaired) electrons. The van der Waals surface area contributed by atoms with Crippen LogP contribution in [0.2, 0.25) is 0 Å². The molecular weight excluding hydrogens is 282 g/mol. The molecule has 0 unspecified atom stereocenters. The number of hydrogen-bond donors (Lipinski definition) is 0. The lowest BCUT2D eigenvalue weighted by atomic mass is 10.1. The number of hydrogen-bond acceptors (Lipinski definition) is 7. The molecule has 3 aromatic rings. The number of rotatable bonds is 4. The van der Waals surface area contributed by atoms with Gasteiger partial charge < -0.3 is 9.32 Å². The zero-order valence-corrected chi connectivity index (χ0v) is 12.5. The van der Waals surface area contributed by atoms with E-state index >= 15 is 0 Å². The fourth-order valence-corrected chi connectivity index (χ4v) is 2.65. The summed E-state index contributed by atoms with van der Waals surface area (Å²) in [5, 5.41) is 12.7. The van der Waals surface area contributed by atoms with E-state index < -0.39 is 0 Å². The molecule has 22 heavy (non-hydrogen) atoms. The summed E-state index contributed by atoms with van der Waals surface area (Å²) < 4.78 is 7.07. The Morgan fingerprint density at radius 1 is 1.32 bits per heavy atom. The van der Waals surface area contributed by atoms with Crippen LogP contribution >= 0.6 is 0 Å². The Balaban J connectivity index is 1.42. The summed E-state index contributed by atoms with van der Waals surface area (Å²) in [4.78, 5) is 8.66. The second kappa shape index (κ2) is 5.06. The van der Waals surface area contributed by atoms with Crippen LogP contribution in [0.15, 0.2) is 29.0 Å². The zero-order valence-electron chi connectivity index (χ0n) is 12.5. The van der Waals surface area contributed by atoms with E-state index in [1.54, 1.807) is 17.0 Å². The van der Waals surface area contributed by atoms with Crippen molar-refractivity contribution < 1.29 is 4.42 Å². The highest BCUT2D eigenvalue weighted by Crippen LogP contribution is 2.22. The fourth-order valence-electron chi connectivity index (χ4n) is 2.65. The molecule has 0 atom stereocenters. The molecule has 0 aliphatic carbocycles. The lowest BCUT2D eigenvalue weighted by Gasteiger charge is -2.44. The summed E-state index contributed by atoms with van der Waals surface area (Å²) in [7, 11) is 2.09. The summed E-state index contributed by atoms with van der Waals surface area (Å²) in [6, 6.07) is 4.42. The number of fused-ring (bicyclic) bond motifs is 1. The van der Waals surface area contributed by atoms with Gasteiger partial charge in [0.05, 0.1) is 12.7 Å². The normalized spacial score (nSPS) is 15.7. The number of nitrogens with zero attached hydrogens (tertiary/aromatic N) is 7. The first-order valence-electron chi connectivity index (χ1n) is 7.23. The molecule has 0 aromatic carbocycles. The van der Waals surface area contributed by atoms with Crippen molar-refractivity contribution in [3.8, 4) is 0 Å². The predicted molar refractivity (Wildman–Crippen MR) is 79.5 cm³/mol. The molecule has 4 rings (SSSR count). The number of oxazole rings is 1.